The number of aryl methyl sites for hydroxylation is 2. The van der Waals surface area contributed by atoms with E-state index in [4.69, 9.17) is 14.2 Å². The van der Waals surface area contributed by atoms with Crippen LogP contribution in [0.5, 0.6) is 5.75 Å². The van der Waals surface area contributed by atoms with Gasteiger partial charge in [-0.3, -0.25) is 9.69 Å². The second-order valence-electron chi connectivity index (χ2n) is 9.96. The monoisotopic (exact) mass is 545 g/mol. The van der Waals surface area contributed by atoms with Crippen molar-refractivity contribution < 1.29 is 27.4 Å². The molecule has 208 valence electrons. The number of hydrogen-bond donors (Lipinski definition) is 1. The highest BCUT2D eigenvalue weighted by atomic mass is 32.2. The van der Waals surface area contributed by atoms with E-state index in [1.165, 1.54) is 4.31 Å². The highest BCUT2D eigenvalue weighted by Crippen LogP contribution is 2.32. The number of carbonyl (C=O) groups is 1. The lowest BCUT2D eigenvalue weighted by Gasteiger charge is -2.31. The maximum Gasteiger partial charge on any atom is 0.246 e. The number of amides is 1. The second-order valence-corrected chi connectivity index (χ2v) is 11.8. The van der Waals surface area contributed by atoms with E-state index in [2.05, 4.69) is 10.2 Å². The Bertz CT molecular complexity index is 1160. The minimum absolute atomic E-state index is 0.128. The Kier molecular flexibility index (Phi) is 9.78. The van der Waals surface area contributed by atoms with Crippen LogP contribution in [0.3, 0.4) is 0 Å². The van der Waals surface area contributed by atoms with Crippen molar-refractivity contribution in [2.24, 2.45) is 0 Å². The van der Waals surface area contributed by atoms with Gasteiger partial charge in [0.05, 0.1) is 37.9 Å². The average molecular weight is 546 g/mol. The molecule has 0 saturated carbocycles. The summed E-state index contributed by atoms with van der Waals surface area (Å²) in [4.78, 5) is 15.5. The Morgan fingerprint density at radius 3 is 2.45 bits per heavy atom. The molecule has 4 rings (SSSR count). The maximum absolute atomic E-state index is 13.6. The van der Waals surface area contributed by atoms with E-state index in [1.807, 2.05) is 30.3 Å². The minimum Gasteiger partial charge on any atom is -0.497 e. The third kappa shape index (κ3) is 6.92. The highest BCUT2D eigenvalue weighted by molar-refractivity contribution is 7.89. The molecular weight excluding hydrogens is 506 g/mol. The molecule has 2 aromatic rings. The number of ether oxygens (including phenoxy) is 3. The standard InChI is InChI=1S/C28H39N3O6S/c1-21-16-25(35-3)17-22(2)28(21)38(33,34)31-11-7-10-24(31)19-37-20-27(32)29-26(23-8-5-4-6-9-23)18-30-12-14-36-15-13-30/h4-6,8-9,16-17,24,26H,7,10-15,18-20H2,1-3H3,(H,29,32). The number of methoxy groups -OCH3 is 1. The summed E-state index contributed by atoms with van der Waals surface area (Å²) >= 11 is 0. The Morgan fingerprint density at radius 1 is 1.11 bits per heavy atom. The molecule has 1 amide bonds. The second kappa shape index (κ2) is 13.0. The normalized spacial score (nSPS) is 19.8. The first-order valence-corrected chi connectivity index (χ1v) is 14.6. The molecule has 2 atom stereocenters. The van der Waals surface area contributed by atoms with Crippen molar-refractivity contribution in [2.75, 3.05) is 59.7 Å². The third-order valence-corrected chi connectivity index (χ3v) is 9.44. The van der Waals surface area contributed by atoms with Crippen LogP contribution in [0.25, 0.3) is 0 Å². The SMILES string of the molecule is COc1cc(C)c(S(=O)(=O)N2CCCC2COCC(=O)NC(CN2CCOCC2)c2ccccc2)c(C)c1. The predicted octanol–water partition coefficient (Wildman–Crippen LogP) is 2.67. The largest absolute Gasteiger partial charge is 0.497 e. The van der Waals surface area contributed by atoms with E-state index in [-0.39, 0.29) is 31.2 Å². The van der Waals surface area contributed by atoms with Crippen LogP contribution in [0, 0.1) is 13.8 Å². The minimum atomic E-state index is -3.71. The molecule has 0 spiro atoms. The van der Waals surface area contributed by atoms with Crippen molar-refractivity contribution in [3.8, 4) is 5.75 Å². The summed E-state index contributed by atoms with van der Waals surface area (Å²) in [6, 6.07) is 12.9. The Balaban J connectivity index is 1.36. The molecule has 1 N–H and O–H groups in total. The number of nitrogens with one attached hydrogen (secondary N) is 1. The van der Waals surface area contributed by atoms with Gasteiger partial charge in [0.2, 0.25) is 15.9 Å². The number of benzene rings is 2. The number of carbonyl (C=O) groups excluding carboxylic acids is 1. The summed E-state index contributed by atoms with van der Waals surface area (Å²) in [6.45, 7) is 7.77. The van der Waals surface area contributed by atoms with Crippen LogP contribution in [0.15, 0.2) is 47.4 Å². The summed E-state index contributed by atoms with van der Waals surface area (Å²) in [7, 11) is -2.15. The van der Waals surface area contributed by atoms with Gasteiger partial charge in [-0.2, -0.15) is 4.31 Å². The lowest BCUT2D eigenvalue weighted by molar-refractivity contribution is -0.127. The topological polar surface area (TPSA) is 97.4 Å². The van der Waals surface area contributed by atoms with E-state index in [0.29, 0.717) is 54.5 Å². The van der Waals surface area contributed by atoms with Crippen LogP contribution >= 0.6 is 0 Å². The Morgan fingerprint density at radius 2 is 1.79 bits per heavy atom. The van der Waals surface area contributed by atoms with Crippen molar-refractivity contribution >= 4 is 15.9 Å². The zero-order chi connectivity index (χ0) is 27.1. The summed E-state index contributed by atoms with van der Waals surface area (Å²) < 4.78 is 45.3. The molecule has 0 radical (unpaired) electrons. The van der Waals surface area contributed by atoms with Crippen molar-refractivity contribution in [3.05, 3.63) is 59.2 Å². The van der Waals surface area contributed by atoms with Gasteiger partial charge < -0.3 is 19.5 Å². The first-order valence-electron chi connectivity index (χ1n) is 13.2. The molecule has 2 aliphatic heterocycles. The molecule has 38 heavy (non-hydrogen) atoms. The van der Waals surface area contributed by atoms with Gasteiger partial charge in [0.25, 0.3) is 0 Å². The summed E-state index contributed by atoms with van der Waals surface area (Å²) in [6.07, 6.45) is 1.45. The van der Waals surface area contributed by atoms with E-state index in [9.17, 15) is 13.2 Å². The van der Waals surface area contributed by atoms with Crippen molar-refractivity contribution in [3.63, 3.8) is 0 Å². The average Bonchev–Trinajstić information content (AvgIpc) is 3.38. The fourth-order valence-corrected chi connectivity index (χ4v) is 7.42. The molecule has 9 nitrogen and oxygen atoms in total. The van der Waals surface area contributed by atoms with Gasteiger partial charge in [-0.05, 0) is 55.5 Å². The first-order chi connectivity index (χ1) is 18.3. The van der Waals surface area contributed by atoms with Gasteiger partial charge in [-0.1, -0.05) is 30.3 Å². The van der Waals surface area contributed by atoms with Gasteiger partial charge >= 0.3 is 0 Å². The van der Waals surface area contributed by atoms with Crippen molar-refractivity contribution in [1.29, 1.82) is 0 Å². The van der Waals surface area contributed by atoms with Crippen molar-refractivity contribution in [1.82, 2.24) is 14.5 Å². The molecule has 2 saturated heterocycles. The molecule has 0 bridgehead atoms. The van der Waals surface area contributed by atoms with E-state index in [1.54, 1.807) is 33.1 Å². The van der Waals surface area contributed by atoms with Crippen LogP contribution in [-0.2, 0) is 24.3 Å². The number of rotatable bonds is 11. The van der Waals surface area contributed by atoms with Crippen LogP contribution < -0.4 is 10.1 Å². The molecule has 2 aromatic carbocycles. The smallest absolute Gasteiger partial charge is 0.246 e. The number of morpholine rings is 1. The van der Waals surface area contributed by atoms with Crippen molar-refractivity contribution in [2.45, 2.75) is 43.7 Å². The lowest BCUT2D eigenvalue weighted by Crippen LogP contribution is -2.44. The lowest BCUT2D eigenvalue weighted by atomic mass is 10.1. The quantitative estimate of drug-likeness (QED) is 0.464. The zero-order valence-corrected chi connectivity index (χ0v) is 23.3. The fourth-order valence-electron chi connectivity index (χ4n) is 5.33. The number of hydrogen-bond acceptors (Lipinski definition) is 7. The van der Waals surface area contributed by atoms with Gasteiger partial charge in [0.1, 0.15) is 12.4 Å². The fraction of sp³-hybridized carbons (Fsp3) is 0.536. The zero-order valence-electron chi connectivity index (χ0n) is 22.5. The van der Waals surface area contributed by atoms with Crippen LogP contribution in [-0.4, -0.2) is 89.3 Å². The van der Waals surface area contributed by atoms with Crippen LogP contribution in [0.4, 0.5) is 0 Å². The predicted molar refractivity (Wildman–Crippen MR) is 145 cm³/mol. The molecule has 2 unspecified atom stereocenters. The molecule has 2 aliphatic rings. The van der Waals surface area contributed by atoms with Gasteiger partial charge in [-0.25, -0.2) is 8.42 Å². The van der Waals surface area contributed by atoms with Gasteiger partial charge in [0, 0.05) is 32.2 Å². The van der Waals surface area contributed by atoms with Crippen LogP contribution in [0.2, 0.25) is 0 Å². The van der Waals surface area contributed by atoms with E-state index >= 15 is 0 Å². The first kappa shape index (κ1) is 28.5. The number of sulfonamides is 1. The molecule has 2 fully saturated rings. The molecule has 0 aliphatic carbocycles. The molecule has 10 heteroatoms. The Hall–Kier alpha value is -2.50. The molecular formula is C28H39N3O6S. The van der Waals surface area contributed by atoms with Gasteiger partial charge in [-0.15, -0.1) is 0 Å². The Labute approximate surface area is 226 Å². The summed E-state index contributed by atoms with van der Waals surface area (Å²) in [5.41, 5.74) is 2.34. The third-order valence-electron chi connectivity index (χ3n) is 7.18. The summed E-state index contributed by atoms with van der Waals surface area (Å²) in [5, 5.41) is 3.11. The molecule has 2 heterocycles. The van der Waals surface area contributed by atoms with E-state index in [0.717, 1.165) is 25.1 Å². The maximum atomic E-state index is 13.6. The van der Waals surface area contributed by atoms with E-state index < -0.39 is 10.0 Å². The number of nitrogens with zero attached hydrogens (tertiary/aromatic N) is 2. The van der Waals surface area contributed by atoms with Crippen LogP contribution in [0.1, 0.15) is 35.6 Å². The summed E-state index contributed by atoms with van der Waals surface area (Å²) in [5.74, 6) is 0.412. The highest BCUT2D eigenvalue weighted by Gasteiger charge is 2.37. The van der Waals surface area contributed by atoms with Gasteiger partial charge in [0.15, 0.2) is 0 Å². The molecule has 0 aromatic heterocycles.